The van der Waals surface area contributed by atoms with Gasteiger partial charge in [0.1, 0.15) is 0 Å². The summed E-state index contributed by atoms with van der Waals surface area (Å²) < 4.78 is 0. The highest BCUT2D eigenvalue weighted by atomic mass is 16.6. The van der Waals surface area contributed by atoms with Gasteiger partial charge in [0.2, 0.25) is 0 Å². The normalized spacial score (nSPS) is 9.40. The third-order valence-corrected chi connectivity index (χ3v) is 2.54. The Bertz CT molecular complexity index is 505. The third-order valence-electron chi connectivity index (χ3n) is 2.54. The number of nitro groups is 1. The van der Waals surface area contributed by atoms with Gasteiger partial charge in [-0.25, -0.2) is 4.79 Å². The molecule has 20 heavy (non-hydrogen) atoms. The molecule has 0 atom stereocenters. The molecular weight excluding hydrogens is 258 g/mol. The number of carbonyl (C=O) groups excluding carboxylic acids is 1. The van der Waals surface area contributed by atoms with E-state index in [-0.39, 0.29) is 11.7 Å². The van der Waals surface area contributed by atoms with Crippen molar-refractivity contribution in [3.8, 4) is 0 Å². The molecule has 2 amide bonds. The quantitative estimate of drug-likeness (QED) is 0.347. The average molecular weight is 275 g/mol. The Balaban J connectivity index is 2.28. The number of carbonyl (C=O) groups is 1. The van der Waals surface area contributed by atoms with Crippen LogP contribution in [0, 0.1) is 10.1 Å². The predicted octanol–water partition coefficient (Wildman–Crippen LogP) is 3.23. The van der Waals surface area contributed by atoms with Gasteiger partial charge in [-0.1, -0.05) is 6.58 Å². The van der Waals surface area contributed by atoms with Crippen molar-refractivity contribution in [2.45, 2.75) is 19.3 Å². The standard InChI is InChI=1S/C14H17N3O3/c1-2-3-4-5-6-11-15-14(18)16-12-7-9-13(10-8-12)17(19)20/h3,7-10H,1,4-6,11H2,(H2,15,16,18). The van der Waals surface area contributed by atoms with E-state index in [4.69, 9.17) is 0 Å². The highest BCUT2D eigenvalue weighted by molar-refractivity contribution is 5.89. The maximum Gasteiger partial charge on any atom is 0.319 e. The second-order valence-electron chi connectivity index (χ2n) is 4.09. The largest absolute Gasteiger partial charge is 0.338 e. The number of hydrogen-bond acceptors (Lipinski definition) is 3. The van der Waals surface area contributed by atoms with Gasteiger partial charge >= 0.3 is 6.03 Å². The van der Waals surface area contributed by atoms with Crippen LogP contribution in [0.3, 0.4) is 0 Å². The van der Waals surface area contributed by atoms with E-state index >= 15 is 0 Å². The zero-order valence-corrected chi connectivity index (χ0v) is 11.1. The fourth-order valence-electron chi connectivity index (χ4n) is 1.52. The number of nitrogens with one attached hydrogen (secondary N) is 2. The minimum absolute atomic E-state index is 0.00812. The van der Waals surface area contributed by atoms with Crippen LogP contribution >= 0.6 is 0 Å². The SMILES string of the molecule is C=C=CCCCCNC(=O)Nc1ccc([N+](=O)[O-])cc1. The van der Waals surface area contributed by atoms with Crippen molar-refractivity contribution in [1.82, 2.24) is 5.32 Å². The van der Waals surface area contributed by atoms with Gasteiger partial charge in [0.25, 0.3) is 5.69 Å². The molecule has 1 rings (SSSR count). The first-order valence-electron chi connectivity index (χ1n) is 6.27. The van der Waals surface area contributed by atoms with Crippen molar-refractivity contribution in [3.63, 3.8) is 0 Å². The fourth-order valence-corrected chi connectivity index (χ4v) is 1.52. The summed E-state index contributed by atoms with van der Waals surface area (Å²) in [6.45, 7) is 4.04. The Morgan fingerprint density at radius 1 is 1.35 bits per heavy atom. The van der Waals surface area contributed by atoms with E-state index in [2.05, 4.69) is 22.9 Å². The first-order chi connectivity index (χ1) is 9.63. The molecule has 0 saturated carbocycles. The Hall–Kier alpha value is -2.59. The number of nitrogens with zero attached hydrogens (tertiary/aromatic N) is 1. The number of rotatable bonds is 7. The van der Waals surface area contributed by atoms with Gasteiger partial charge in [-0.3, -0.25) is 10.1 Å². The number of benzene rings is 1. The van der Waals surface area contributed by atoms with Crippen molar-refractivity contribution >= 4 is 17.4 Å². The molecule has 1 aromatic rings. The number of urea groups is 1. The van der Waals surface area contributed by atoms with Gasteiger partial charge in [0.15, 0.2) is 0 Å². The van der Waals surface area contributed by atoms with Crippen molar-refractivity contribution in [1.29, 1.82) is 0 Å². The predicted molar refractivity (Wildman–Crippen MR) is 77.7 cm³/mol. The molecule has 0 radical (unpaired) electrons. The molecule has 106 valence electrons. The molecule has 0 aromatic heterocycles. The van der Waals surface area contributed by atoms with Crippen LogP contribution in [0.2, 0.25) is 0 Å². The van der Waals surface area contributed by atoms with Gasteiger partial charge < -0.3 is 10.6 Å². The van der Waals surface area contributed by atoms with E-state index in [0.717, 1.165) is 19.3 Å². The van der Waals surface area contributed by atoms with Crippen LogP contribution in [0.5, 0.6) is 0 Å². The zero-order chi connectivity index (χ0) is 14.8. The third kappa shape index (κ3) is 5.84. The van der Waals surface area contributed by atoms with Crippen LogP contribution in [-0.4, -0.2) is 17.5 Å². The number of amides is 2. The summed E-state index contributed by atoms with van der Waals surface area (Å²) in [4.78, 5) is 21.5. The van der Waals surface area contributed by atoms with Crippen LogP contribution in [0.25, 0.3) is 0 Å². The summed E-state index contributed by atoms with van der Waals surface area (Å²) in [6.07, 6.45) is 4.58. The lowest BCUT2D eigenvalue weighted by atomic mass is 10.2. The maximum absolute atomic E-state index is 11.5. The Kier molecular flexibility index (Phi) is 6.57. The lowest BCUT2D eigenvalue weighted by molar-refractivity contribution is -0.384. The van der Waals surface area contributed by atoms with Crippen LogP contribution in [-0.2, 0) is 0 Å². The molecule has 0 aliphatic rings. The summed E-state index contributed by atoms with van der Waals surface area (Å²) >= 11 is 0. The molecular formula is C14H17N3O3. The van der Waals surface area contributed by atoms with E-state index in [1.807, 2.05) is 6.08 Å². The molecule has 6 heteroatoms. The smallest absolute Gasteiger partial charge is 0.319 e. The summed E-state index contributed by atoms with van der Waals surface area (Å²) in [5, 5.41) is 15.8. The van der Waals surface area contributed by atoms with Crippen LogP contribution in [0.15, 0.2) is 42.7 Å². The second kappa shape index (κ2) is 8.50. The Labute approximate surface area is 117 Å². The van der Waals surface area contributed by atoms with Gasteiger partial charge in [-0.05, 0) is 37.5 Å². The number of hydrogen-bond donors (Lipinski definition) is 2. The summed E-state index contributed by atoms with van der Waals surface area (Å²) in [5.74, 6) is 0. The summed E-state index contributed by atoms with van der Waals surface area (Å²) in [7, 11) is 0. The fraction of sp³-hybridized carbons (Fsp3) is 0.286. The van der Waals surface area contributed by atoms with E-state index in [1.165, 1.54) is 24.3 Å². The molecule has 0 heterocycles. The monoisotopic (exact) mass is 275 g/mol. The van der Waals surface area contributed by atoms with Gasteiger partial charge in [0.05, 0.1) is 4.92 Å². The lowest BCUT2D eigenvalue weighted by Crippen LogP contribution is -2.29. The van der Waals surface area contributed by atoms with Crippen molar-refractivity contribution in [2.24, 2.45) is 0 Å². The van der Waals surface area contributed by atoms with E-state index in [9.17, 15) is 14.9 Å². The van der Waals surface area contributed by atoms with E-state index in [0.29, 0.717) is 12.2 Å². The first-order valence-corrected chi connectivity index (χ1v) is 6.27. The van der Waals surface area contributed by atoms with Crippen molar-refractivity contribution in [2.75, 3.05) is 11.9 Å². The molecule has 0 bridgehead atoms. The number of unbranched alkanes of at least 4 members (excludes halogenated alkanes) is 2. The minimum Gasteiger partial charge on any atom is -0.338 e. The molecule has 0 unspecified atom stereocenters. The molecule has 0 spiro atoms. The number of non-ortho nitro benzene ring substituents is 1. The first kappa shape index (κ1) is 15.5. The van der Waals surface area contributed by atoms with Gasteiger partial charge in [-0.15, -0.1) is 5.73 Å². The topological polar surface area (TPSA) is 84.3 Å². The van der Waals surface area contributed by atoms with E-state index in [1.54, 1.807) is 0 Å². The number of allylic oxidation sites excluding steroid dienone is 1. The molecule has 0 aliphatic heterocycles. The minimum atomic E-state index is -0.485. The van der Waals surface area contributed by atoms with Crippen molar-refractivity contribution < 1.29 is 9.72 Å². The molecule has 2 N–H and O–H groups in total. The van der Waals surface area contributed by atoms with Crippen LogP contribution in [0.4, 0.5) is 16.2 Å². The second-order valence-corrected chi connectivity index (χ2v) is 4.09. The van der Waals surface area contributed by atoms with Gasteiger partial charge in [-0.2, -0.15) is 0 Å². The molecule has 0 fully saturated rings. The number of nitro benzene ring substituents is 1. The Morgan fingerprint density at radius 3 is 2.65 bits per heavy atom. The van der Waals surface area contributed by atoms with Gasteiger partial charge in [0, 0.05) is 24.4 Å². The van der Waals surface area contributed by atoms with Crippen LogP contribution in [0.1, 0.15) is 19.3 Å². The molecule has 1 aromatic carbocycles. The highest BCUT2D eigenvalue weighted by Crippen LogP contribution is 2.15. The van der Waals surface area contributed by atoms with E-state index < -0.39 is 4.92 Å². The highest BCUT2D eigenvalue weighted by Gasteiger charge is 2.05. The average Bonchev–Trinajstić information content (AvgIpc) is 2.43. The Morgan fingerprint density at radius 2 is 2.05 bits per heavy atom. The molecule has 6 nitrogen and oxygen atoms in total. The summed E-state index contributed by atoms with van der Waals surface area (Å²) in [6, 6.07) is 5.35. The maximum atomic E-state index is 11.5. The lowest BCUT2D eigenvalue weighted by Gasteiger charge is -2.06. The number of anilines is 1. The molecule has 0 aliphatic carbocycles. The molecule has 0 saturated heterocycles. The zero-order valence-electron chi connectivity index (χ0n) is 11.1. The van der Waals surface area contributed by atoms with Crippen LogP contribution < -0.4 is 10.6 Å². The summed E-state index contributed by atoms with van der Waals surface area (Å²) in [5.41, 5.74) is 3.20. The van der Waals surface area contributed by atoms with Crippen molar-refractivity contribution in [3.05, 3.63) is 52.8 Å².